The molecule has 0 atom stereocenters. The highest BCUT2D eigenvalue weighted by Gasteiger charge is 2.19. The number of ether oxygens (including phenoxy) is 1. The summed E-state index contributed by atoms with van der Waals surface area (Å²) in [6, 6.07) is 4.31. The summed E-state index contributed by atoms with van der Waals surface area (Å²) in [5.41, 5.74) is 0.351. The third-order valence-corrected chi connectivity index (χ3v) is 3.02. The van der Waals surface area contributed by atoms with Gasteiger partial charge >= 0.3 is 0 Å². The summed E-state index contributed by atoms with van der Waals surface area (Å²) < 4.78 is 18.7. The number of halogens is 1. The number of nitrogens with zero attached hydrogens (tertiary/aromatic N) is 1. The monoisotopic (exact) mass is 253 g/mol. The second-order valence-corrected chi connectivity index (χ2v) is 4.26. The fourth-order valence-corrected chi connectivity index (χ4v) is 2.03. The molecule has 18 heavy (non-hydrogen) atoms. The molecular formula is C13H16FNO3. The van der Waals surface area contributed by atoms with E-state index in [1.54, 1.807) is 11.0 Å². The molecule has 1 aliphatic rings. The Hall–Kier alpha value is -1.62. The van der Waals surface area contributed by atoms with Crippen molar-refractivity contribution in [3.05, 3.63) is 29.6 Å². The molecule has 1 saturated heterocycles. The van der Waals surface area contributed by atoms with Crippen LogP contribution in [0.4, 0.5) is 4.39 Å². The normalized spacial score (nSPS) is 14.9. The van der Waals surface area contributed by atoms with Gasteiger partial charge in [-0.3, -0.25) is 4.79 Å². The fourth-order valence-electron chi connectivity index (χ4n) is 2.03. The first kappa shape index (κ1) is 12.8. The zero-order chi connectivity index (χ0) is 13.0. The van der Waals surface area contributed by atoms with Crippen LogP contribution in [0.5, 0.6) is 5.75 Å². The van der Waals surface area contributed by atoms with E-state index >= 15 is 0 Å². The lowest BCUT2D eigenvalue weighted by molar-refractivity contribution is -0.132. The number of rotatable bonds is 4. The number of likely N-dealkylation sites (tertiary alicyclic amines) is 1. The number of hydrogen-bond donors (Lipinski definition) is 1. The maximum atomic E-state index is 13.5. The van der Waals surface area contributed by atoms with E-state index < -0.39 is 5.82 Å². The third kappa shape index (κ3) is 2.79. The summed E-state index contributed by atoms with van der Waals surface area (Å²) in [5.74, 6) is -0.733. The predicted molar refractivity (Wildman–Crippen MR) is 63.6 cm³/mol. The highest BCUT2D eigenvalue weighted by atomic mass is 19.1. The number of aliphatic hydroxyl groups is 1. The van der Waals surface area contributed by atoms with Gasteiger partial charge in [0.2, 0.25) is 0 Å². The van der Waals surface area contributed by atoms with Crippen molar-refractivity contribution >= 4 is 5.91 Å². The van der Waals surface area contributed by atoms with E-state index in [1.165, 1.54) is 12.1 Å². The standard InChI is InChI=1S/C13H16FNO3/c14-11-5-3-4-10(8-16)13(11)18-9-12(17)15-6-1-2-7-15/h3-5,16H,1-2,6-9H2. The van der Waals surface area contributed by atoms with Crippen LogP contribution in [0, 0.1) is 5.82 Å². The van der Waals surface area contributed by atoms with Crippen molar-refractivity contribution in [2.24, 2.45) is 0 Å². The molecule has 0 bridgehead atoms. The molecule has 1 aromatic carbocycles. The van der Waals surface area contributed by atoms with Crippen LogP contribution in [0.3, 0.4) is 0 Å². The predicted octanol–water partition coefficient (Wildman–Crippen LogP) is 1.32. The largest absolute Gasteiger partial charge is 0.480 e. The van der Waals surface area contributed by atoms with Crippen molar-refractivity contribution in [2.75, 3.05) is 19.7 Å². The summed E-state index contributed by atoms with van der Waals surface area (Å²) in [6.45, 7) is 0.984. The van der Waals surface area contributed by atoms with Crippen molar-refractivity contribution in [1.82, 2.24) is 4.90 Å². The number of para-hydroxylation sites is 1. The molecule has 5 heteroatoms. The number of hydrogen-bond acceptors (Lipinski definition) is 3. The lowest BCUT2D eigenvalue weighted by Crippen LogP contribution is -2.32. The van der Waals surface area contributed by atoms with Crippen LogP contribution in [-0.2, 0) is 11.4 Å². The van der Waals surface area contributed by atoms with Crippen LogP contribution in [0.1, 0.15) is 18.4 Å². The van der Waals surface area contributed by atoms with Gasteiger partial charge in [0.05, 0.1) is 6.61 Å². The lowest BCUT2D eigenvalue weighted by atomic mass is 10.2. The van der Waals surface area contributed by atoms with Gasteiger partial charge < -0.3 is 14.7 Å². The van der Waals surface area contributed by atoms with Crippen LogP contribution >= 0.6 is 0 Å². The number of aliphatic hydroxyl groups excluding tert-OH is 1. The molecule has 4 nitrogen and oxygen atoms in total. The van der Waals surface area contributed by atoms with E-state index in [2.05, 4.69) is 0 Å². The molecule has 2 rings (SSSR count). The Morgan fingerprint density at radius 2 is 2.11 bits per heavy atom. The topological polar surface area (TPSA) is 49.8 Å². The van der Waals surface area contributed by atoms with Crippen molar-refractivity contribution in [3.63, 3.8) is 0 Å². The van der Waals surface area contributed by atoms with Gasteiger partial charge in [-0.15, -0.1) is 0 Å². The molecule has 0 unspecified atom stereocenters. The lowest BCUT2D eigenvalue weighted by Gasteiger charge is -2.16. The summed E-state index contributed by atoms with van der Waals surface area (Å²) in [4.78, 5) is 13.5. The molecule has 1 aromatic rings. The first-order valence-electron chi connectivity index (χ1n) is 6.01. The zero-order valence-electron chi connectivity index (χ0n) is 10.1. The quantitative estimate of drug-likeness (QED) is 0.880. The molecule has 0 aliphatic carbocycles. The van der Waals surface area contributed by atoms with Crippen molar-refractivity contribution in [1.29, 1.82) is 0 Å². The Morgan fingerprint density at radius 1 is 1.39 bits per heavy atom. The number of carbonyl (C=O) groups is 1. The maximum absolute atomic E-state index is 13.5. The number of amides is 1. The average Bonchev–Trinajstić information content (AvgIpc) is 2.90. The Balaban J connectivity index is 1.99. The minimum atomic E-state index is -0.559. The highest BCUT2D eigenvalue weighted by Crippen LogP contribution is 2.22. The molecule has 0 saturated carbocycles. The Morgan fingerprint density at radius 3 is 2.78 bits per heavy atom. The van der Waals surface area contributed by atoms with E-state index in [4.69, 9.17) is 9.84 Å². The van der Waals surface area contributed by atoms with Crippen LogP contribution in [-0.4, -0.2) is 35.6 Å². The summed E-state index contributed by atoms with van der Waals surface area (Å²) in [6.07, 6.45) is 2.01. The van der Waals surface area contributed by atoms with Gasteiger partial charge in [0.1, 0.15) is 0 Å². The van der Waals surface area contributed by atoms with E-state index in [1.807, 2.05) is 0 Å². The number of benzene rings is 1. The van der Waals surface area contributed by atoms with Crippen LogP contribution in [0.15, 0.2) is 18.2 Å². The smallest absolute Gasteiger partial charge is 0.260 e. The molecule has 0 spiro atoms. The first-order chi connectivity index (χ1) is 8.72. The average molecular weight is 253 g/mol. The number of carbonyl (C=O) groups excluding carboxylic acids is 1. The van der Waals surface area contributed by atoms with Crippen molar-refractivity contribution in [2.45, 2.75) is 19.4 Å². The van der Waals surface area contributed by atoms with Crippen LogP contribution in [0.2, 0.25) is 0 Å². The van der Waals surface area contributed by atoms with Gasteiger partial charge in [-0.2, -0.15) is 0 Å². The van der Waals surface area contributed by atoms with E-state index in [0.29, 0.717) is 5.56 Å². The molecule has 1 amide bonds. The third-order valence-electron chi connectivity index (χ3n) is 3.02. The van der Waals surface area contributed by atoms with Crippen molar-refractivity contribution < 1.29 is 19.0 Å². The second-order valence-electron chi connectivity index (χ2n) is 4.26. The molecule has 1 aliphatic heterocycles. The van der Waals surface area contributed by atoms with Crippen LogP contribution in [0.25, 0.3) is 0 Å². The summed E-state index contributed by atoms with van der Waals surface area (Å²) >= 11 is 0. The minimum Gasteiger partial charge on any atom is -0.480 e. The second kappa shape index (κ2) is 5.82. The highest BCUT2D eigenvalue weighted by molar-refractivity contribution is 5.78. The van der Waals surface area contributed by atoms with Gasteiger partial charge in [0, 0.05) is 18.7 Å². The Kier molecular flexibility index (Phi) is 4.15. The Labute approximate surface area is 105 Å². The van der Waals surface area contributed by atoms with E-state index in [9.17, 15) is 9.18 Å². The van der Waals surface area contributed by atoms with Gasteiger partial charge in [0.25, 0.3) is 5.91 Å². The molecule has 1 heterocycles. The Bertz CT molecular complexity index is 430. The molecule has 98 valence electrons. The molecule has 1 fully saturated rings. The molecular weight excluding hydrogens is 237 g/mol. The molecule has 0 radical (unpaired) electrons. The molecule has 1 N–H and O–H groups in total. The maximum Gasteiger partial charge on any atom is 0.260 e. The summed E-state index contributed by atoms with van der Waals surface area (Å²) in [5, 5.41) is 9.08. The molecule has 0 aromatic heterocycles. The van der Waals surface area contributed by atoms with E-state index in [0.717, 1.165) is 25.9 Å². The zero-order valence-corrected chi connectivity index (χ0v) is 10.1. The van der Waals surface area contributed by atoms with Gasteiger partial charge in [-0.1, -0.05) is 12.1 Å². The fraction of sp³-hybridized carbons (Fsp3) is 0.462. The van der Waals surface area contributed by atoms with Gasteiger partial charge in [-0.05, 0) is 18.9 Å². The van der Waals surface area contributed by atoms with Gasteiger partial charge in [-0.25, -0.2) is 4.39 Å². The van der Waals surface area contributed by atoms with E-state index in [-0.39, 0.29) is 24.9 Å². The summed E-state index contributed by atoms with van der Waals surface area (Å²) in [7, 11) is 0. The van der Waals surface area contributed by atoms with Crippen LogP contribution < -0.4 is 4.74 Å². The minimum absolute atomic E-state index is 0.0347. The first-order valence-corrected chi connectivity index (χ1v) is 6.01. The van der Waals surface area contributed by atoms with Gasteiger partial charge in [0.15, 0.2) is 18.2 Å². The SMILES string of the molecule is O=C(COc1c(F)cccc1CO)N1CCCC1. The van der Waals surface area contributed by atoms with Crippen molar-refractivity contribution in [3.8, 4) is 5.75 Å².